The summed E-state index contributed by atoms with van der Waals surface area (Å²) in [6.45, 7) is 3.47. The number of carbonyl (C=O) groups excluding carboxylic acids is 2. The first-order valence-electron chi connectivity index (χ1n) is 7.92. The van der Waals surface area contributed by atoms with Crippen molar-refractivity contribution in [3.05, 3.63) is 52.7 Å². The fourth-order valence-electron chi connectivity index (χ4n) is 2.20. The summed E-state index contributed by atoms with van der Waals surface area (Å²) in [4.78, 5) is 33.4. The van der Waals surface area contributed by atoms with Gasteiger partial charge in [-0.15, -0.1) is 11.3 Å². The Labute approximate surface area is 154 Å². The van der Waals surface area contributed by atoms with Gasteiger partial charge in [-0.25, -0.2) is 4.98 Å². The van der Waals surface area contributed by atoms with E-state index in [1.807, 2.05) is 5.38 Å². The Bertz CT molecular complexity index is 889. The van der Waals surface area contributed by atoms with Crippen molar-refractivity contribution < 1.29 is 9.59 Å². The average molecular weight is 370 g/mol. The van der Waals surface area contributed by atoms with Crippen molar-refractivity contribution in [3.63, 3.8) is 0 Å². The second-order valence-electron chi connectivity index (χ2n) is 6.08. The molecule has 0 aliphatic rings. The van der Waals surface area contributed by atoms with Crippen LogP contribution in [-0.2, 0) is 11.3 Å². The van der Waals surface area contributed by atoms with Gasteiger partial charge in [0.2, 0.25) is 5.91 Å². The Kier molecular flexibility index (Phi) is 5.08. The van der Waals surface area contributed by atoms with Gasteiger partial charge in [-0.05, 0) is 37.4 Å². The number of nitrogens with zero attached hydrogens (tertiary/aromatic N) is 3. The van der Waals surface area contributed by atoms with E-state index in [-0.39, 0.29) is 18.4 Å². The fourth-order valence-corrected chi connectivity index (χ4v) is 2.82. The lowest BCUT2D eigenvalue weighted by Crippen LogP contribution is -2.54. The van der Waals surface area contributed by atoms with E-state index in [4.69, 9.17) is 0 Å². The minimum absolute atomic E-state index is 0.176. The van der Waals surface area contributed by atoms with E-state index >= 15 is 0 Å². The van der Waals surface area contributed by atoms with Gasteiger partial charge in [0.1, 0.15) is 11.4 Å². The number of aromatic nitrogens is 4. The summed E-state index contributed by atoms with van der Waals surface area (Å²) in [5.74, 6) is 0.455. The molecule has 0 saturated carbocycles. The molecule has 0 bridgehead atoms. The minimum Gasteiger partial charge on any atom is -0.347 e. The lowest BCUT2D eigenvalue weighted by Gasteiger charge is -2.24. The lowest BCUT2D eigenvalue weighted by atomic mass is 10.0. The molecule has 0 atom stereocenters. The normalized spacial score (nSPS) is 11.2. The smallest absolute Gasteiger partial charge is 0.262 e. The number of carbonyl (C=O) groups is 2. The number of amides is 2. The number of thiophene rings is 1. The van der Waals surface area contributed by atoms with Crippen LogP contribution in [0.15, 0.2) is 42.0 Å². The average Bonchev–Trinajstić information content (AvgIpc) is 3.32. The first kappa shape index (κ1) is 17.7. The molecule has 3 heterocycles. The van der Waals surface area contributed by atoms with Crippen LogP contribution in [0.3, 0.4) is 0 Å². The van der Waals surface area contributed by atoms with Crippen LogP contribution in [0.25, 0.3) is 11.4 Å². The molecule has 0 aliphatic heterocycles. The zero-order valence-electron chi connectivity index (χ0n) is 14.3. The topological polar surface area (TPSA) is 113 Å². The van der Waals surface area contributed by atoms with Crippen LogP contribution in [0.4, 0.5) is 0 Å². The molecule has 134 valence electrons. The predicted octanol–water partition coefficient (Wildman–Crippen LogP) is 1.75. The first-order chi connectivity index (χ1) is 12.5. The van der Waals surface area contributed by atoms with E-state index in [9.17, 15) is 9.59 Å². The Morgan fingerprint density at radius 1 is 1.23 bits per heavy atom. The second-order valence-corrected chi connectivity index (χ2v) is 7.03. The van der Waals surface area contributed by atoms with Crippen LogP contribution in [0.2, 0.25) is 0 Å². The molecule has 3 rings (SSSR count). The highest BCUT2D eigenvalue weighted by atomic mass is 32.1. The number of rotatable bonds is 6. The maximum absolute atomic E-state index is 12.4. The number of hydrogen-bond acceptors (Lipinski definition) is 6. The summed E-state index contributed by atoms with van der Waals surface area (Å²) in [7, 11) is 0. The second kappa shape index (κ2) is 7.44. The van der Waals surface area contributed by atoms with E-state index in [0.29, 0.717) is 16.5 Å². The summed E-state index contributed by atoms with van der Waals surface area (Å²) >= 11 is 1.32. The third-order valence-electron chi connectivity index (χ3n) is 3.63. The van der Waals surface area contributed by atoms with Crippen molar-refractivity contribution >= 4 is 23.2 Å². The summed E-state index contributed by atoms with van der Waals surface area (Å²) in [6.07, 6.45) is 3.32. The minimum atomic E-state index is -1.06. The number of aromatic amines is 1. The Hall–Kier alpha value is -3.07. The third-order valence-corrected chi connectivity index (χ3v) is 4.49. The Balaban J connectivity index is 1.58. The van der Waals surface area contributed by atoms with Crippen molar-refractivity contribution in [3.8, 4) is 11.4 Å². The summed E-state index contributed by atoms with van der Waals surface area (Å²) in [6, 6.07) is 7.10. The molecule has 0 fully saturated rings. The SMILES string of the molecule is CC(C)(NC(=O)c1cccs1)C(=O)NCc1nc(-c2ccncc2)n[nH]1. The Morgan fingerprint density at radius 3 is 2.69 bits per heavy atom. The summed E-state index contributed by atoms with van der Waals surface area (Å²) < 4.78 is 0. The first-order valence-corrected chi connectivity index (χ1v) is 8.80. The van der Waals surface area contributed by atoms with Crippen LogP contribution >= 0.6 is 11.3 Å². The fraction of sp³-hybridized carbons (Fsp3) is 0.235. The molecule has 0 saturated heterocycles. The van der Waals surface area contributed by atoms with Gasteiger partial charge in [0.05, 0.1) is 11.4 Å². The van der Waals surface area contributed by atoms with Crippen molar-refractivity contribution in [2.75, 3.05) is 0 Å². The maximum Gasteiger partial charge on any atom is 0.262 e. The highest BCUT2D eigenvalue weighted by molar-refractivity contribution is 7.12. The summed E-state index contributed by atoms with van der Waals surface area (Å²) in [5, 5.41) is 14.2. The van der Waals surface area contributed by atoms with Crippen LogP contribution in [0, 0.1) is 0 Å². The van der Waals surface area contributed by atoms with Crippen LogP contribution in [0.1, 0.15) is 29.3 Å². The van der Waals surface area contributed by atoms with Gasteiger partial charge >= 0.3 is 0 Å². The lowest BCUT2D eigenvalue weighted by molar-refractivity contribution is -0.126. The molecule has 2 amide bonds. The van der Waals surface area contributed by atoms with Gasteiger partial charge in [-0.1, -0.05) is 6.07 Å². The number of hydrogen-bond donors (Lipinski definition) is 3. The molecule has 0 spiro atoms. The Morgan fingerprint density at radius 2 is 2.00 bits per heavy atom. The molecule has 3 aromatic rings. The van der Waals surface area contributed by atoms with Crippen molar-refractivity contribution in [2.24, 2.45) is 0 Å². The van der Waals surface area contributed by atoms with E-state index in [0.717, 1.165) is 5.56 Å². The molecule has 0 aromatic carbocycles. The monoisotopic (exact) mass is 370 g/mol. The van der Waals surface area contributed by atoms with E-state index in [2.05, 4.69) is 30.8 Å². The van der Waals surface area contributed by atoms with Crippen LogP contribution in [0.5, 0.6) is 0 Å². The van der Waals surface area contributed by atoms with Gasteiger partial charge in [-0.3, -0.25) is 19.7 Å². The van der Waals surface area contributed by atoms with E-state index in [1.165, 1.54) is 11.3 Å². The molecule has 0 unspecified atom stereocenters. The van der Waals surface area contributed by atoms with Crippen LogP contribution in [-0.4, -0.2) is 37.5 Å². The van der Waals surface area contributed by atoms with Gasteiger partial charge in [0.15, 0.2) is 5.82 Å². The molecular weight excluding hydrogens is 352 g/mol. The van der Waals surface area contributed by atoms with Crippen LogP contribution < -0.4 is 10.6 Å². The number of pyridine rings is 1. The van der Waals surface area contributed by atoms with Crippen molar-refractivity contribution in [2.45, 2.75) is 25.9 Å². The molecule has 3 aromatic heterocycles. The van der Waals surface area contributed by atoms with E-state index < -0.39 is 5.54 Å². The maximum atomic E-state index is 12.4. The highest BCUT2D eigenvalue weighted by Gasteiger charge is 2.30. The molecule has 26 heavy (non-hydrogen) atoms. The molecule has 0 aliphatic carbocycles. The zero-order valence-corrected chi connectivity index (χ0v) is 15.1. The highest BCUT2D eigenvalue weighted by Crippen LogP contribution is 2.13. The molecule has 8 nitrogen and oxygen atoms in total. The van der Waals surface area contributed by atoms with Crippen molar-refractivity contribution in [1.29, 1.82) is 0 Å². The molecular formula is C17H18N6O2S. The number of H-pyrrole nitrogens is 1. The zero-order chi connectivity index (χ0) is 18.6. The predicted molar refractivity (Wildman–Crippen MR) is 97.3 cm³/mol. The van der Waals surface area contributed by atoms with E-state index in [1.54, 1.807) is 50.5 Å². The number of nitrogens with one attached hydrogen (secondary N) is 3. The quantitative estimate of drug-likeness (QED) is 0.612. The van der Waals surface area contributed by atoms with Gasteiger partial charge in [0.25, 0.3) is 5.91 Å². The molecule has 9 heteroatoms. The van der Waals surface area contributed by atoms with Crippen molar-refractivity contribution in [1.82, 2.24) is 30.8 Å². The molecule has 3 N–H and O–H groups in total. The summed E-state index contributed by atoms with van der Waals surface area (Å²) in [5.41, 5.74) is -0.230. The third kappa shape index (κ3) is 4.12. The van der Waals surface area contributed by atoms with Gasteiger partial charge < -0.3 is 10.6 Å². The van der Waals surface area contributed by atoms with Gasteiger partial charge in [0, 0.05) is 18.0 Å². The standard InChI is InChI=1S/C17H18N6O2S/c1-17(2,21-15(24)12-4-3-9-26-12)16(25)19-10-13-20-14(23-22-13)11-5-7-18-8-6-11/h3-9H,10H2,1-2H3,(H,19,25)(H,21,24)(H,20,22,23). The largest absolute Gasteiger partial charge is 0.347 e. The molecule has 0 radical (unpaired) electrons. The van der Waals surface area contributed by atoms with Gasteiger partial charge in [-0.2, -0.15) is 5.10 Å².